The van der Waals surface area contributed by atoms with Crippen LogP contribution >= 0.6 is 0 Å². The van der Waals surface area contributed by atoms with Crippen LogP contribution in [0.2, 0.25) is 0 Å². The lowest BCUT2D eigenvalue weighted by Crippen LogP contribution is -2.46. The molecule has 1 spiro atoms. The predicted octanol–water partition coefficient (Wildman–Crippen LogP) is 2.71. The molecule has 0 radical (unpaired) electrons. The maximum Gasteiger partial charge on any atom is 0.168 e. The van der Waals surface area contributed by atoms with Gasteiger partial charge >= 0.3 is 0 Å². The largest absolute Gasteiger partial charge is 0.348 e. The number of hydrogen-bond donors (Lipinski definition) is 1. The summed E-state index contributed by atoms with van der Waals surface area (Å²) >= 11 is 0. The average Bonchev–Trinajstić information content (AvgIpc) is 2.87. The molecule has 1 unspecified atom stereocenters. The first kappa shape index (κ1) is 13.1. The molecule has 1 heterocycles. The van der Waals surface area contributed by atoms with Gasteiger partial charge < -0.3 is 14.8 Å². The normalized spacial score (nSPS) is 29.7. The van der Waals surface area contributed by atoms with Crippen molar-refractivity contribution in [2.75, 3.05) is 13.2 Å². The molecular formula is C16H23NO2. The number of rotatable bonds is 3. The van der Waals surface area contributed by atoms with E-state index in [1.54, 1.807) is 0 Å². The Labute approximate surface area is 115 Å². The highest BCUT2D eigenvalue weighted by Crippen LogP contribution is 2.38. The Morgan fingerprint density at radius 1 is 1.21 bits per heavy atom. The minimum atomic E-state index is -0.260. The van der Waals surface area contributed by atoms with Crippen LogP contribution in [0.4, 0.5) is 0 Å². The van der Waals surface area contributed by atoms with Crippen LogP contribution in [0.3, 0.4) is 0 Å². The zero-order valence-electron chi connectivity index (χ0n) is 11.6. The van der Waals surface area contributed by atoms with Crippen LogP contribution in [0.15, 0.2) is 30.3 Å². The molecule has 2 fully saturated rings. The molecule has 1 aliphatic carbocycles. The summed E-state index contributed by atoms with van der Waals surface area (Å²) in [6.07, 6.45) is 3.16. The molecule has 1 N–H and O–H groups in total. The third kappa shape index (κ3) is 2.99. The highest BCUT2D eigenvalue weighted by atomic mass is 16.7. The molecule has 3 rings (SSSR count). The first-order valence-corrected chi connectivity index (χ1v) is 7.33. The third-order valence-electron chi connectivity index (χ3n) is 4.38. The standard InChI is InChI=1S/C16H23NO2/c1-13-11-16(18-9-10-19-16)8-7-15(13)17-12-14-5-3-2-4-6-14/h2-6,13,15,17H,7-12H2,1H3/t13-,15?/m1/s1. The summed E-state index contributed by atoms with van der Waals surface area (Å²) in [5.41, 5.74) is 1.35. The second-order valence-electron chi connectivity index (χ2n) is 5.80. The number of ether oxygens (including phenoxy) is 2. The Morgan fingerprint density at radius 3 is 2.63 bits per heavy atom. The summed E-state index contributed by atoms with van der Waals surface area (Å²) in [6, 6.07) is 11.2. The molecule has 0 aromatic heterocycles. The molecule has 1 saturated carbocycles. The molecule has 2 atom stereocenters. The SMILES string of the molecule is C[C@@H]1CC2(CCC1NCc1ccccc1)OCCO2. The number of benzene rings is 1. The monoisotopic (exact) mass is 261 g/mol. The molecule has 0 amide bonds. The second kappa shape index (κ2) is 5.61. The van der Waals surface area contributed by atoms with E-state index in [0.717, 1.165) is 39.0 Å². The average molecular weight is 261 g/mol. The Bertz CT molecular complexity index is 400. The van der Waals surface area contributed by atoms with E-state index in [4.69, 9.17) is 9.47 Å². The van der Waals surface area contributed by atoms with Gasteiger partial charge in [-0.25, -0.2) is 0 Å². The van der Waals surface area contributed by atoms with Crippen LogP contribution in [0, 0.1) is 5.92 Å². The smallest absolute Gasteiger partial charge is 0.168 e. The van der Waals surface area contributed by atoms with Gasteiger partial charge in [-0.3, -0.25) is 0 Å². The van der Waals surface area contributed by atoms with E-state index in [1.165, 1.54) is 5.56 Å². The molecular weight excluding hydrogens is 238 g/mol. The van der Waals surface area contributed by atoms with Crippen molar-refractivity contribution >= 4 is 0 Å². The van der Waals surface area contributed by atoms with Crippen molar-refractivity contribution in [3.8, 4) is 0 Å². The number of hydrogen-bond acceptors (Lipinski definition) is 3. The maximum atomic E-state index is 5.81. The van der Waals surface area contributed by atoms with Gasteiger partial charge in [0.15, 0.2) is 5.79 Å². The van der Waals surface area contributed by atoms with Gasteiger partial charge in [0, 0.05) is 25.4 Å². The topological polar surface area (TPSA) is 30.5 Å². The molecule has 19 heavy (non-hydrogen) atoms. The predicted molar refractivity (Wildman–Crippen MR) is 74.7 cm³/mol. The molecule has 2 aliphatic rings. The van der Waals surface area contributed by atoms with Crippen molar-refractivity contribution in [2.45, 2.75) is 44.6 Å². The minimum Gasteiger partial charge on any atom is -0.348 e. The number of nitrogens with one attached hydrogen (secondary N) is 1. The summed E-state index contributed by atoms with van der Waals surface area (Å²) in [6.45, 7) is 4.77. The van der Waals surface area contributed by atoms with Crippen LogP contribution in [0.1, 0.15) is 31.7 Å². The van der Waals surface area contributed by atoms with Crippen molar-refractivity contribution in [2.24, 2.45) is 5.92 Å². The second-order valence-corrected chi connectivity index (χ2v) is 5.80. The van der Waals surface area contributed by atoms with Gasteiger partial charge in [-0.05, 0) is 17.9 Å². The molecule has 3 nitrogen and oxygen atoms in total. The fraction of sp³-hybridized carbons (Fsp3) is 0.625. The van der Waals surface area contributed by atoms with Gasteiger partial charge in [-0.1, -0.05) is 37.3 Å². The van der Waals surface area contributed by atoms with Crippen LogP contribution in [-0.2, 0) is 16.0 Å². The summed E-state index contributed by atoms with van der Waals surface area (Å²) in [7, 11) is 0. The van der Waals surface area contributed by atoms with Gasteiger partial charge in [0.05, 0.1) is 13.2 Å². The Balaban J connectivity index is 1.53. The van der Waals surface area contributed by atoms with E-state index in [1.807, 2.05) is 0 Å². The lowest BCUT2D eigenvalue weighted by molar-refractivity contribution is -0.189. The first-order valence-electron chi connectivity index (χ1n) is 7.33. The van der Waals surface area contributed by atoms with Crippen LogP contribution in [0.5, 0.6) is 0 Å². The van der Waals surface area contributed by atoms with E-state index in [9.17, 15) is 0 Å². The Kier molecular flexibility index (Phi) is 3.87. The zero-order valence-corrected chi connectivity index (χ0v) is 11.6. The van der Waals surface area contributed by atoms with Crippen molar-refractivity contribution < 1.29 is 9.47 Å². The highest BCUT2D eigenvalue weighted by molar-refractivity contribution is 5.14. The van der Waals surface area contributed by atoms with Gasteiger partial charge in [-0.15, -0.1) is 0 Å². The summed E-state index contributed by atoms with van der Waals surface area (Å²) < 4.78 is 11.6. The fourth-order valence-corrected chi connectivity index (χ4v) is 3.30. The van der Waals surface area contributed by atoms with Crippen LogP contribution < -0.4 is 5.32 Å². The quantitative estimate of drug-likeness (QED) is 0.907. The lowest BCUT2D eigenvalue weighted by Gasteiger charge is -2.40. The van der Waals surface area contributed by atoms with Crippen LogP contribution in [0.25, 0.3) is 0 Å². The van der Waals surface area contributed by atoms with Crippen molar-refractivity contribution in [1.82, 2.24) is 5.32 Å². The summed E-state index contributed by atoms with van der Waals surface area (Å²) in [5, 5.41) is 3.68. The fourth-order valence-electron chi connectivity index (χ4n) is 3.30. The highest BCUT2D eigenvalue weighted by Gasteiger charge is 2.43. The lowest BCUT2D eigenvalue weighted by atomic mass is 9.81. The molecule has 1 aromatic carbocycles. The molecule has 3 heteroatoms. The van der Waals surface area contributed by atoms with E-state index in [0.29, 0.717) is 12.0 Å². The third-order valence-corrected chi connectivity index (χ3v) is 4.38. The van der Waals surface area contributed by atoms with Crippen molar-refractivity contribution in [1.29, 1.82) is 0 Å². The van der Waals surface area contributed by atoms with Crippen molar-refractivity contribution in [3.05, 3.63) is 35.9 Å². The first-order chi connectivity index (χ1) is 9.27. The van der Waals surface area contributed by atoms with Crippen molar-refractivity contribution in [3.63, 3.8) is 0 Å². The molecule has 1 aromatic rings. The molecule has 1 saturated heterocycles. The molecule has 1 aliphatic heterocycles. The van der Waals surface area contributed by atoms with Gasteiger partial charge in [-0.2, -0.15) is 0 Å². The zero-order chi connectivity index (χ0) is 13.1. The van der Waals surface area contributed by atoms with Gasteiger partial charge in [0.25, 0.3) is 0 Å². The Hall–Kier alpha value is -0.900. The van der Waals surface area contributed by atoms with E-state index < -0.39 is 0 Å². The van der Waals surface area contributed by atoms with E-state index >= 15 is 0 Å². The molecule has 104 valence electrons. The minimum absolute atomic E-state index is 0.260. The maximum absolute atomic E-state index is 5.81. The van der Waals surface area contributed by atoms with Gasteiger partial charge in [0.1, 0.15) is 0 Å². The molecule has 0 bridgehead atoms. The van der Waals surface area contributed by atoms with E-state index in [-0.39, 0.29) is 5.79 Å². The van der Waals surface area contributed by atoms with Crippen LogP contribution in [-0.4, -0.2) is 25.0 Å². The summed E-state index contributed by atoms with van der Waals surface area (Å²) in [5.74, 6) is 0.334. The van der Waals surface area contributed by atoms with Gasteiger partial charge in [0.2, 0.25) is 0 Å². The summed E-state index contributed by atoms with van der Waals surface area (Å²) in [4.78, 5) is 0. The van der Waals surface area contributed by atoms with E-state index in [2.05, 4.69) is 42.6 Å². The Morgan fingerprint density at radius 2 is 1.95 bits per heavy atom.